The largest absolute Gasteiger partial charge is 1.00 e. The number of carboxylic acids is 1. The molecule has 0 saturated heterocycles. The predicted octanol–water partition coefficient (Wildman–Crippen LogP) is -1.61. The van der Waals surface area contributed by atoms with Crippen LogP contribution in [0.4, 0.5) is 11.4 Å². The third-order valence-corrected chi connectivity index (χ3v) is 5.26. The Labute approximate surface area is 177 Å². The number of nitrogens with one attached hydrogen (secondary N) is 2. The number of benzene rings is 1. The Morgan fingerprint density at radius 3 is 2.00 bits per heavy atom. The molecule has 6 nitrogen and oxygen atoms in total. The third kappa shape index (κ3) is 4.66. The molecular formula is C10H6I3N2NaO4. The predicted molar refractivity (Wildman–Crippen MR) is 92.9 cm³/mol. The van der Waals surface area contributed by atoms with Gasteiger partial charge in [-0.1, -0.05) is 0 Å². The summed E-state index contributed by atoms with van der Waals surface area (Å²) in [5, 5.41) is 16.2. The van der Waals surface area contributed by atoms with Gasteiger partial charge in [0.05, 0.1) is 20.9 Å². The van der Waals surface area contributed by atoms with E-state index in [0.29, 0.717) is 28.5 Å². The van der Waals surface area contributed by atoms with E-state index in [0.717, 1.165) is 0 Å². The Bertz CT molecular complexity index is 580. The number of anilines is 2. The van der Waals surface area contributed by atoms with Crippen molar-refractivity contribution in [2.45, 2.75) is 6.92 Å². The molecule has 1 aromatic carbocycles. The van der Waals surface area contributed by atoms with E-state index in [4.69, 9.17) is 0 Å². The van der Waals surface area contributed by atoms with Crippen LogP contribution in [0.3, 0.4) is 0 Å². The van der Waals surface area contributed by atoms with Crippen molar-refractivity contribution in [1.29, 1.82) is 0 Å². The summed E-state index contributed by atoms with van der Waals surface area (Å²) >= 11 is 5.57. The minimum Gasteiger partial charge on any atom is -0.545 e. The fourth-order valence-electron chi connectivity index (χ4n) is 1.31. The molecule has 2 N–H and O–H groups in total. The van der Waals surface area contributed by atoms with Crippen LogP contribution in [-0.4, -0.2) is 18.3 Å². The minimum atomic E-state index is -1.37. The molecule has 0 saturated carbocycles. The van der Waals surface area contributed by atoms with Gasteiger partial charge in [0, 0.05) is 19.6 Å². The van der Waals surface area contributed by atoms with Gasteiger partial charge in [0.15, 0.2) is 0 Å². The molecule has 0 radical (unpaired) electrons. The van der Waals surface area contributed by atoms with Gasteiger partial charge in [0.2, 0.25) is 12.3 Å². The van der Waals surface area contributed by atoms with Gasteiger partial charge in [-0.05, 0) is 67.8 Å². The zero-order valence-electron chi connectivity index (χ0n) is 10.3. The molecule has 10 heteroatoms. The van der Waals surface area contributed by atoms with Crippen molar-refractivity contribution in [2.24, 2.45) is 0 Å². The Morgan fingerprint density at radius 2 is 1.60 bits per heavy atom. The molecule has 0 fully saturated rings. The number of halogens is 3. The molecule has 0 aliphatic heterocycles. The van der Waals surface area contributed by atoms with Crippen LogP contribution in [0, 0.1) is 10.7 Å². The third-order valence-electron chi connectivity index (χ3n) is 2.03. The molecule has 102 valence electrons. The van der Waals surface area contributed by atoms with E-state index in [1.807, 2.05) is 67.8 Å². The van der Waals surface area contributed by atoms with Gasteiger partial charge < -0.3 is 20.5 Å². The topological polar surface area (TPSA) is 98.3 Å². The van der Waals surface area contributed by atoms with E-state index < -0.39 is 5.97 Å². The van der Waals surface area contributed by atoms with Crippen molar-refractivity contribution < 1.29 is 49.0 Å². The van der Waals surface area contributed by atoms with Crippen LogP contribution < -0.4 is 45.3 Å². The van der Waals surface area contributed by atoms with Gasteiger partial charge in [0.1, 0.15) is 0 Å². The Kier molecular flexibility index (Phi) is 9.44. The molecule has 0 atom stereocenters. The molecule has 2 amide bonds. The quantitative estimate of drug-likeness (QED) is 0.240. The van der Waals surface area contributed by atoms with Crippen LogP contribution >= 0.6 is 67.8 Å². The van der Waals surface area contributed by atoms with Crippen molar-refractivity contribution in [3.05, 3.63) is 16.3 Å². The summed E-state index contributed by atoms with van der Waals surface area (Å²) < 4.78 is 1.27. The van der Waals surface area contributed by atoms with Crippen molar-refractivity contribution in [3.63, 3.8) is 0 Å². The van der Waals surface area contributed by atoms with E-state index in [1.165, 1.54) is 6.92 Å². The summed E-state index contributed by atoms with van der Waals surface area (Å²) in [7, 11) is 0. The number of carboxylic acid groups (broad SMARTS) is 1. The number of hydrogen-bond donors (Lipinski definition) is 2. The molecule has 0 aromatic heterocycles. The molecular weight excluding hydrogens is 616 g/mol. The van der Waals surface area contributed by atoms with E-state index in [9.17, 15) is 19.5 Å². The van der Waals surface area contributed by atoms with Crippen molar-refractivity contribution in [1.82, 2.24) is 0 Å². The summed E-state index contributed by atoms with van der Waals surface area (Å²) in [6.07, 6.45) is 0.448. The molecule has 1 aromatic rings. The first-order chi connectivity index (χ1) is 8.81. The van der Waals surface area contributed by atoms with Gasteiger partial charge in [-0.3, -0.25) is 9.59 Å². The van der Waals surface area contributed by atoms with Gasteiger partial charge in [-0.15, -0.1) is 0 Å². The van der Waals surface area contributed by atoms with Crippen LogP contribution in [0.5, 0.6) is 0 Å². The number of carbonyl (C=O) groups is 3. The monoisotopic (exact) mass is 622 g/mol. The summed E-state index contributed by atoms with van der Waals surface area (Å²) in [5.41, 5.74) is 0.618. The van der Waals surface area contributed by atoms with Crippen LogP contribution in [0.15, 0.2) is 0 Å². The van der Waals surface area contributed by atoms with Crippen LogP contribution in [0.2, 0.25) is 0 Å². The molecule has 0 aliphatic rings. The first kappa shape index (κ1) is 20.8. The SMILES string of the molecule is CC(=O)Nc1c(I)c(NC=O)c(I)c(C(=O)[O-])c1I.[Na+]. The summed E-state index contributed by atoms with van der Waals surface area (Å²) in [4.78, 5) is 33.0. The van der Waals surface area contributed by atoms with Crippen LogP contribution in [0.25, 0.3) is 0 Å². The van der Waals surface area contributed by atoms with E-state index >= 15 is 0 Å². The molecule has 0 bridgehead atoms. The number of amides is 2. The Morgan fingerprint density at radius 1 is 1.10 bits per heavy atom. The minimum absolute atomic E-state index is 0. The average Bonchev–Trinajstić information content (AvgIpc) is 2.29. The molecule has 0 heterocycles. The maximum atomic E-state index is 11.2. The first-order valence-electron chi connectivity index (χ1n) is 4.70. The fourth-order valence-corrected chi connectivity index (χ4v) is 5.50. The van der Waals surface area contributed by atoms with Gasteiger partial charge in [0.25, 0.3) is 0 Å². The average molecular weight is 622 g/mol. The Hall–Kier alpha value is 0.820. The van der Waals surface area contributed by atoms with E-state index in [1.54, 1.807) is 0 Å². The first-order valence-corrected chi connectivity index (χ1v) is 7.94. The van der Waals surface area contributed by atoms with Gasteiger partial charge in [-0.2, -0.15) is 0 Å². The second kappa shape index (κ2) is 9.07. The van der Waals surface area contributed by atoms with Crippen LogP contribution in [0.1, 0.15) is 17.3 Å². The second-order valence-electron chi connectivity index (χ2n) is 3.30. The number of carbonyl (C=O) groups excluding carboxylic acids is 3. The second-order valence-corrected chi connectivity index (χ2v) is 6.53. The van der Waals surface area contributed by atoms with E-state index in [-0.39, 0.29) is 41.0 Å². The normalized spacial score (nSPS) is 9.40. The van der Waals surface area contributed by atoms with Crippen molar-refractivity contribution >= 4 is 97.4 Å². The number of hydrogen-bond acceptors (Lipinski definition) is 4. The van der Waals surface area contributed by atoms with Crippen molar-refractivity contribution in [3.8, 4) is 0 Å². The zero-order chi connectivity index (χ0) is 14.7. The zero-order valence-corrected chi connectivity index (χ0v) is 18.8. The standard InChI is InChI=1S/C10H7I3N2O4.Na/c1-3(17)15-9-6(12)4(10(18)19)5(11)8(7(9)13)14-2-16;/h2H,1H3,(H,14,16)(H,15,17)(H,18,19);/q;+1/p-1. The summed E-state index contributed by atoms with van der Waals surface area (Å²) in [6.45, 7) is 1.32. The van der Waals surface area contributed by atoms with Gasteiger partial charge >= 0.3 is 29.6 Å². The summed E-state index contributed by atoms with van der Waals surface area (Å²) in [5.74, 6) is -1.70. The molecule has 0 unspecified atom stereocenters. The number of aromatic carboxylic acids is 1. The van der Waals surface area contributed by atoms with Gasteiger partial charge in [-0.25, -0.2) is 0 Å². The van der Waals surface area contributed by atoms with Crippen molar-refractivity contribution in [2.75, 3.05) is 10.6 Å². The smallest absolute Gasteiger partial charge is 0.545 e. The maximum absolute atomic E-state index is 11.2. The number of rotatable bonds is 4. The summed E-state index contributed by atoms with van der Waals surface area (Å²) in [6, 6.07) is 0. The molecule has 0 spiro atoms. The Balaban J connectivity index is 0.00000361. The molecule has 0 aliphatic carbocycles. The molecule has 1 rings (SSSR count). The maximum Gasteiger partial charge on any atom is 1.00 e. The van der Waals surface area contributed by atoms with E-state index in [2.05, 4.69) is 10.6 Å². The fraction of sp³-hybridized carbons (Fsp3) is 0.100. The van der Waals surface area contributed by atoms with Crippen LogP contribution in [-0.2, 0) is 9.59 Å². The molecule has 20 heavy (non-hydrogen) atoms.